The van der Waals surface area contributed by atoms with E-state index in [2.05, 4.69) is 4.98 Å². The SMILES string of the molecule is Cn1c(CCN)nc2cc(F)cc(F)c21. The molecule has 1 aromatic carbocycles. The average molecular weight is 211 g/mol. The van der Waals surface area contributed by atoms with Crippen molar-refractivity contribution in [3.8, 4) is 0 Å². The van der Waals surface area contributed by atoms with Gasteiger partial charge >= 0.3 is 0 Å². The molecule has 2 aromatic rings. The standard InChI is InChI=1S/C10H11F2N3/c1-15-9(2-3-13)14-8-5-6(11)4-7(12)10(8)15/h4-5H,2-3,13H2,1H3. The van der Waals surface area contributed by atoms with E-state index < -0.39 is 11.6 Å². The number of aryl methyl sites for hydroxylation is 1. The van der Waals surface area contributed by atoms with Crippen molar-refractivity contribution in [3.05, 3.63) is 29.6 Å². The number of nitrogens with two attached hydrogens (primary N) is 1. The van der Waals surface area contributed by atoms with Gasteiger partial charge in [0.15, 0.2) is 5.82 Å². The maximum absolute atomic E-state index is 13.4. The van der Waals surface area contributed by atoms with Crippen LogP contribution in [-0.2, 0) is 13.5 Å². The third-order valence-corrected chi connectivity index (χ3v) is 2.35. The highest BCUT2D eigenvalue weighted by Gasteiger charge is 2.12. The Morgan fingerprint density at radius 2 is 2.13 bits per heavy atom. The Morgan fingerprint density at radius 3 is 2.80 bits per heavy atom. The van der Waals surface area contributed by atoms with Crippen LogP contribution in [0, 0.1) is 11.6 Å². The lowest BCUT2D eigenvalue weighted by molar-refractivity contribution is 0.587. The van der Waals surface area contributed by atoms with Gasteiger partial charge in [0, 0.05) is 25.6 Å². The Bertz CT molecular complexity index is 505. The number of fused-ring (bicyclic) bond motifs is 1. The van der Waals surface area contributed by atoms with E-state index in [-0.39, 0.29) is 0 Å². The summed E-state index contributed by atoms with van der Waals surface area (Å²) in [5, 5.41) is 0. The minimum atomic E-state index is -0.614. The first-order chi connectivity index (χ1) is 7.13. The van der Waals surface area contributed by atoms with Gasteiger partial charge in [-0.1, -0.05) is 0 Å². The third-order valence-electron chi connectivity index (χ3n) is 2.35. The Kier molecular flexibility index (Phi) is 2.40. The van der Waals surface area contributed by atoms with Crippen LogP contribution < -0.4 is 5.73 Å². The first-order valence-electron chi connectivity index (χ1n) is 4.64. The molecular formula is C10H11F2N3. The lowest BCUT2D eigenvalue weighted by atomic mass is 10.3. The number of nitrogens with zero attached hydrogens (tertiary/aromatic N) is 2. The van der Waals surface area contributed by atoms with Gasteiger partial charge in [-0.15, -0.1) is 0 Å². The van der Waals surface area contributed by atoms with Gasteiger partial charge in [0.25, 0.3) is 0 Å². The van der Waals surface area contributed by atoms with Crippen LogP contribution in [0.5, 0.6) is 0 Å². The summed E-state index contributed by atoms with van der Waals surface area (Å²) in [6.07, 6.45) is 0.548. The fourth-order valence-electron chi connectivity index (χ4n) is 1.67. The van der Waals surface area contributed by atoms with Crippen LogP contribution in [-0.4, -0.2) is 16.1 Å². The van der Waals surface area contributed by atoms with Crippen LogP contribution in [0.25, 0.3) is 11.0 Å². The van der Waals surface area contributed by atoms with Crippen LogP contribution in [0.4, 0.5) is 8.78 Å². The van der Waals surface area contributed by atoms with Crippen LogP contribution in [0.2, 0.25) is 0 Å². The third kappa shape index (κ3) is 1.59. The van der Waals surface area contributed by atoms with E-state index in [1.165, 1.54) is 6.07 Å². The molecule has 1 heterocycles. The minimum Gasteiger partial charge on any atom is -0.330 e. The second-order valence-electron chi connectivity index (χ2n) is 3.38. The highest BCUT2D eigenvalue weighted by molar-refractivity contribution is 5.76. The Balaban J connectivity index is 2.70. The van der Waals surface area contributed by atoms with Gasteiger partial charge in [0.2, 0.25) is 0 Å². The predicted octanol–water partition coefficient (Wildman–Crippen LogP) is 1.35. The van der Waals surface area contributed by atoms with Gasteiger partial charge in [0.1, 0.15) is 17.2 Å². The summed E-state index contributed by atoms with van der Waals surface area (Å²) < 4.78 is 27.9. The van der Waals surface area contributed by atoms with Gasteiger partial charge < -0.3 is 10.3 Å². The largest absolute Gasteiger partial charge is 0.330 e. The monoisotopic (exact) mass is 211 g/mol. The minimum absolute atomic E-state index is 0.319. The molecule has 0 amide bonds. The Hall–Kier alpha value is -1.49. The van der Waals surface area contributed by atoms with Crippen molar-refractivity contribution < 1.29 is 8.78 Å². The molecule has 0 saturated carbocycles. The zero-order chi connectivity index (χ0) is 11.0. The molecule has 80 valence electrons. The molecule has 0 aliphatic heterocycles. The molecule has 0 spiro atoms. The summed E-state index contributed by atoms with van der Waals surface area (Å²) in [5.74, 6) is -0.544. The number of hydrogen-bond acceptors (Lipinski definition) is 2. The van der Waals surface area contributed by atoms with Crippen LogP contribution in [0.15, 0.2) is 12.1 Å². The number of hydrogen-bond donors (Lipinski definition) is 1. The summed E-state index contributed by atoms with van der Waals surface area (Å²) >= 11 is 0. The van der Waals surface area contributed by atoms with Crippen molar-refractivity contribution in [2.75, 3.05) is 6.54 Å². The molecule has 0 saturated heterocycles. The van der Waals surface area contributed by atoms with E-state index >= 15 is 0 Å². The fraction of sp³-hybridized carbons (Fsp3) is 0.300. The Morgan fingerprint density at radius 1 is 1.40 bits per heavy atom. The summed E-state index contributed by atoms with van der Waals surface area (Å²) in [6, 6.07) is 2.08. The van der Waals surface area contributed by atoms with Crippen molar-refractivity contribution in [2.24, 2.45) is 12.8 Å². The molecule has 5 heteroatoms. The molecule has 0 aliphatic carbocycles. The number of halogens is 2. The summed E-state index contributed by atoms with van der Waals surface area (Å²) in [4.78, 5) is 4.13. The number of benzene rings is 1. The number of imidazole rings is 1. The normalized spacial score (nSPS) is 11.2. The first kappa shape index (κ1) is 10.0. The van der Waals surface area contributed by atoms with Gasteiger partial charge in [-0.05, 0) is 6.54 Å². The highest BCUT2D eigenvalue weighted by atomic mass is 19.1. The van der Waals surface area contributed by atoms with Gasteiger partial charge in [-0.3, -0.25) is 0 Å². The van der Waals surface area contributed by atoms with Crippen LogP contribution in [0.3, 0.4) is 0 Å². The first-order valence-corrected chi connectivity index (χ1v) is 4.64. The van der Waals surface area contributed by atoms with Gasteiger partial charge in [-0.2, -0.15) is 0 Å². The molecule has 0 fully saturated rings. The Labute approximate surface area is 85.5 Å². The summed E-state index contributed by atoms with van der Waals surface area (Å²) in [7, 11) is 1.70. The summed E-state index contributed by atoms with van der Waals surface area (Å²) in [6.45, 7) is 0.432. The topological polar surface area (TPSA) is 43.8 Å². The van der Waals surface area contributed by atoms with E-state index in [0.717, 1.165) is 6.07 Å². The van der Waals surface area contributed by atoms with Crippen molar-refractivity contribution in [1.82, 2.24) is 9.55 Å². The molecule has 0 unspecified atom stereocenters. The van der Waals surface area contributed by atoms with Crippen molar-refractivity contribution in [1.29, 1.82) is 0 Å². The van der Waals surface area contributed by atoms with Crippen molar-refractivity contribution in [2.45, 2.75) is 6.42 Å². The van der Waals surface area contributed by atoms with Crippen molar-refractivity contribution >= 4 is 11.0 Å². The smallest absolute Gasteiger partial charge is 0.152 e. The highest BCUT2D eigenvalue weighted by Crippen LogP contribution is 2.20. The fourth-order valence-corrected chi connectivity index (χ4v) is 1.67. The van der Waals surface area contributed by atoms with E-state index in [1.54, 1.807) is 11.6 Å². The zero-order valence-corrected chi connectivity index (χ0v) is 8.30. The van der Waals surface area contributed by atoms with E-state index in [9.17, 15) is 8.78 Å². The molecular weight excluding hydrogens is 200 g/mol. The van der Waals surface area contributed by atoms with Crippen LogP contribution in [0.1, 0.15) is 5.82 Å². The molecule has 0 atom stereocenters. The lowest BCUT2D eigenvalue weighted by Crippen LogP contribution is -2.07. The number of aromatic nitrogens is 2. The maximum atomic E-state index is 13.4. The molecule has 1 aromatic heterocycles. The van der Waals surface area contributed by atoms with Crippen LogP contribution >= 0.6 is 0 Å². The second kappa shape index (κ2) is 3.58. The predicted molar refractivity (Wildman–Crippen MR) is 53.4 cm³/mol. The zero-order valence-electron chi connectivity index (χ0n) is 8.30. The molecule has 2 N–H and O–H groups in total. The lowest BCUT2D eigenvalue weighted by Gasteiger charge is -2.00. The van der Waals surface area contributed by atoms with E-state index in [0.29, 0.717) is 29.8 Å². The molecule has 0 radical (unpaired) electrons. The van der Waals surface area contributed by atoms with E-state index in [4.69, 9.17) is 5.73 Å². The molecule has 15 heavy (non-hydrogen) atoms. The van der Waals surface area contributed by atoms with E-state index in [1.807, 2.05) is 0 Å². The molecule has 2 rings (SSSR count). The molecule has 0 bridgehead atoms. The number of rotatable bonds is 2. The quantitative estimate of drug-likeness (QED) is 0.814. The second-order valence-corrected chi connectivity index (χ2v) is 3.38. The maximum Gasteiger partial charge on any atom is 0.152 e. The van der Waals surface area contributed by atoms with Gasteiger partial charge in [0.05, 0.1) is 5.52 Å². The molecule has 3 nitrogen and oxygen atoms in total. The summed E-state index contributed by atoms with van der Waals surface area (Å²) in [5.41, 5.74) is 6.05. The van der Waals surface area contributed by atoms with Gasteiger partial charge in [-0.25, -0.2) is 13.8 Å². The average Bonchev–Trinajstić information content (AvgIpc) is 2.43. The molecule has 0 aliphatic rings. The van der Waals surface area contributed by atoms with Crippen molar-refractivity contribution in [3.63, 3.8) is 0 Å².